The van der Waals surface area contributed by atoms with Gasteiger partial charge in [0.25, 0.3) is 0 Å². The molecule has 1 aromatic carbocycles. The van der Waals surface area contributed by atoms with Crippen LogP contribution in [0.3, 0.4) is 0 Å². The normalized spacial score (nSPS) is 17.5. The van der Waals surface area contributed by atoms with Gasteiger partial charge in [-0.15, -0.1) is 12.4 Å². The molecule has 1 aliphatic heterocycles. The number of rotatable bonds is 3. The first-order chi connectivity index (χ1) is 8.15. The Morgan fingerprint density at radius 3 is 2.50 bits per heavy atom. The highest BCUT2D eigenvalue weighted by molar-refractivity contribution is 9.10. The Bertz CT molecular complexity index is 455. The molecule has 1 amide bonds. The van der Waals surface area contributed by atoms with Crippen LogP contribution in [0.5, 0.6) is 11.5 Å². The zero-order valence-electron chi connectivity index (χ0n) is 9.86. The molecule has 1 atom stereocenters. The van der Waals surface area contributed by atoms with Crippen LogP contribution in [-0.4, -0.2) is 26.9 Å². The molecule has 7 heteroatoms. The molecule has 0 radical (unpaired) electrons. The number of carbonyl (C=O) groups excluding carboxylic acids is 1. The van der Waals surface area contributed by atoms with Crippen LogP contribution in [0.2, 0.25) is 0 Å². The third-order valence-electron chi connectivity index (χ3n) is 2.55. The zero-order valence-corrected chi connectivity index (χ0v) is 12.3. The van der Waals surface area contributed by atoms with Crippen LogP contribution in [-0.2, 0) is 4.74 Å². The second-order valence-electron chi connectivity index (χ2n) is 3.52. The molecule has 2 rings (SSSR count). The van der Waals surface area contributed by atoms with Crippen molar-refractivity contribution in [2.24, 2.45) is 0 Å². The van der Waals surface area contributed by atoms with Crippen molar-refractivity contribution in [2.75, 3.05) is 20.8 Å². The van der Waals surface area contributed by atoms with Crippen LogP contribution in [0.1, 0.15) is 11.6 Å². The van der Waals surface area contributed by atoms with Gasteiger partial charge in [0.2, 0.25) is 0 Å². The van der Waals surface area contributed by atoms with Crippen LogP contribution in [0.15, 0.2) is 16.6 Å². The van der Waals surface area contributed by atoms with E-state index in [9.17, 15) is 4.79 Å². The second kappa shape index (κ2) is 6.15. The zero-order chi connectivity index (χ0) is 12.4. The van der Waals surface area contributed by atoms with Crippen LogP contribution in [0.25, 0.3) is 0 Å². The third kappa shape index (κ3) is 2.81. The third-order valence-corrected chi connectivity index (χ3v) is 3.17. The van der Waals surface area contributed by atoms with Crippen molar-refractivity contribution in [3.63, 3.8) is 0 Å². The van der Waals surface area contributed by atoms with Crippen molar-refractivity contribution in [1.29, 1.82) is 0 Å². The minimum absolute atomic E-state index is 0. The fourth-order valence-corrected chi connectivity index (χ4v) is 2.19. The number of hydrogen-bond donors (Lipinski definition) is 1. The molecule has 1 heterocycles. The molecule has 18 heavy (non-hydrogen) atoms. The number of alkyl carbamates (subject to hydrolysis) is 1. The molecule has 1 saturated heterocycles. The highest BCUT2D eigenvalue weighted by Gasteiger charge is 2.27. The van der Waals surface area contributed by atoms with E-state index in [-0.39, 0.29) is 18.4 Å². The van der Waals surface area contributed by atoms with E-state index < -0.39 is 6.09 Å². The van der Waals surface area contributed by atoms with Crippen molar-refractivity contribution in [2.45, 2.75) is 6.04 Å². The molecule has 0 aromatic heterocycles. The first-order valence-electron chi connectivity index (χ1n) is 5.00. The lowest BCUT2D eigenvalue weighted by atomic mass is 10.1. The molecule has 100 valence electrons. The summed E-state index contributed by atoms with van der Waals surface area (Å²) in [6.07, 6.45) is -0.418. The number of amides is 1. The van der Waals surface area contributed by atoms with Crippen molar-refractivity contribution in [1.82, 2.24) is 5.32 Å². The van der Waals surface area contributed by atoms with Gasteiger partial charge in [-0.1, -0.05) is 0 Å². The SMILES string of the molecule is COc1cc([C@H]2COC(=O)N2)c(OC)cc1Br.Cl. The summed E-state index contributed by atoms with van der Waals surface area (Å²) in [4.78, 5) is 11.0. The fraction of sp³-hybridized carbons (Fsp3) is 0.364. The Kier molecular flexibility index (Phi) is 5.10. The van der Waals surface area contributed by atoms with E-state index in [1.54, 1.807) is 20.3 Å². The lowest BCUT2D eigenvalue weighted by Crippen LogP contribution is -2.19. The number of carbonyl (C=O) groups is 1. The molecular weight excluding hydrogens is 325 g/mol. The first kappa shape index (κ1) is 14.9. The van der Waals surface area contributed by atoms with E-state index in [0.717, 1.165) is 10.0 Å². The quantitative estimate of drug-likeness (QED) is 0.920. The summed E-state index contributed by atoms with van der Waals surface area (Å²) in [5.41, 5.74) is 0.832. The number of halogens is 2. The van der Waals surface area contributed by atoms with Gasteiger partial charge in [-0.05, 0) is 28.1 Å². The van der Waals surface area contributed by atoms with Gasteiger partial charge in [-0.3, -0.25) is 0 Å². The smallest absolute Gasteiger partial charge is 0.407 e. The highest BCUT2D eigenvalue weighted by atomic mass is 79.9. The molecule has 0 unspecified atom stereocenters. The summed E-state index contributed by atoms with van der Waals surface area (Å²) >= 11 is 3.38. The molecule has 1 aromatic rings. The van der Waals surface area contributed by atoms with E-state index in [4.69, 9.17) is 14.2 Å². The van der Waals surface area contributed by atoms with Gasteiger partial charge >= 0.3 is 6.09 Å². The predicted octanol–water partition coefficient (Wildman–Crippen LogP) is 2.67. The van der Waals surface area contributed by atoms with Gasteiger partial charge in [-0.2, -0.15) is 0 Å². The number of benzene rings is 1. The molecule has 1 fully saturated rings. The van der Waals surface area contributed by atoms with Gasteiger partial charge in [0, 0.05) is 5.56 Å². The highest BCUT2D eigenvalue weighted by Crippen LogP contribution is 2.36. The Hall–Kier alpha value is -1.14. The summed E-state index contributed by atoms with van der Waals surface area (Å²) in [6.45, 7) is 0.292. The molecule has 0 bridgehead atoms. The Morgan fingerprint density at radius 1 is 1.33 bits per heavy atom. The van der Waals surface area contributed by atoms with E-state index in [2.05, 4.69) is 21.2 Å². The van der Waals surface area contributed by atoms with Gasteiger partial charge < -0.3 is 19.5 Å². The van der Waals surface area contributed by atoms with Crippen molar-refractivity contribution < 1.29 is 19.0 Å². The van der Waals surface area contributed by atoms with Crippen LogP contribution >= 0.6 is 28.3 Å². The average molecular weight is 339 g/mol. The number of cyclic esters (lactones) is 1. The maximum Gasteiger partial charge on any atom is 0.407 e. The molecular formula is C11H13BrClNO4. The Balaban J connectivity index is 0.00000162. The van der Waals surface area contributed by atoms with Gasteiger partial charge in [-0.25, -0.2) is 4.79 Å². The monoisotopic (exact) mass is 337 g/mol. The minimum Gasteiger partial charge on any atom is -0.496 e. The Labute approximate surface area is 119 Å². The summed E-state index contributed by atoms with van der Waals surface area (Å²) in [5, 5.41) is 2.70. The minimum atomic E-state index is -0.418. The predicted molar refractivity (Wildman–Crippen MR) is 71.7 cm³/mol. The second-order valence-corrected chi connectivity index (χ2v) is 4.38. The topological polar surface area (TPSA) is 56.8 Å². The molecule has 5 nitrogen and oxygen atoms in total. The maximum absolute atomic E-state index is 11.0. The van der Waals surface area contributed by atoms with E-state index in [0.29, 0.717) is 18.1 Å². The first-order valence-corrected chi connectivity index (χ1v) is 5.79. The Morgan fingerprint density at radius 2 is 2.00 bits per heavy atom. The van der Waals surface area contributed by atoms with Crippen molar-refractivity contribution >= 4 is 34.4 Å². The van der Waals surface area contributed by atoms with Gasteiger partial charge in [0.15, 0.2) is 0 Å². The van der Waals surface area contributed by atoms with Crippen molar-refractivity contribution in [3.05, 3.63) is 22.2 Å². The molecule has 0 spiro atoms. The number of ether oxygens (including phenoxy) is 3. The van der Waals surface area contributed by atoms with Crippen molar-refractivity contribution in [3.8, 4) is 11.5 Å². The van der Waals surface area contributed by atoms with Crippen LogP contribution < -0.4 is 14.8 Å². The van der Waals surface area contributed by atoms with Crippen LogP contribution in [0, 0.1) is 0 Å². The lowest BCUT2D eigenvalue weighted by Gasteiger charge is -2.15. The summed E-state index contributed by atoms with van der Waals surface area (Å²) in [5.74, 6) is 1.36. The molecule has 0 aliphatic carbocycles. The maximum atomic E-state index is 11.0. The molecule has 0 saturated carbocycles. The largest absolute Gasteiger partial charge is 0.496 e. The van der Waals surface area contributed by atoms with Gasteiger partial charge in [0.05, 0.1) is 24.7 Å². The standard InChI is InChI=1S/C11H12BrNO4.ClH/c1-15-9-4-7(12)10(16-2)3-6(9)8-5-17-11(14)13-8;/h3-4,8H,5H2,1-2H3,(H,13,14);1H/t8-;/m1./s1. The molecule has 1 N–H and O–H groups in total. The summed E-state index contributed by atoms with van der Waals surface area (Å²) in [7, 11) is 3.16. The van der Waals surface area contributed by atoms with E-state index in [1.165, 1.54) is 0 Å². The number of methoxy groups -OCH3 is 2. The average Bonchev–Trinajstić information content (AvgIpc) is 2.75. The lowest BCUT2D eigenvalue weighted by molar-refractivity contribution is 0.177. The summed E-state index contributed by atoms with van der Waals surface area (Å²) < 4.78 is 16.2. The summed E-state index contributed by atoms with van der Waals surface area (Å²) in [6, 6.07) is 3.42. The van der Waals surface area contributed by atoms with E-state index >= 15 is 0 Å². The number of nitrogens with one attached hydrogen (secondary N) is 1. The van der Waals surface area contributed by atoms with Gasteiger partial charge in [0.1, 0.15) is 18.1 Å². The fourth-order valence-electron chi connectivity index (χ4n) is 1.71. The van der Waals surface area contributed by atoms with Crippen LogP contribution in [0.4, 0.5) is 4.79 Å². The van der Waals surface area contributed by atoms with E-state index in [1.807, 2.05) is 6.07 Å². The number of hydrogen-bond acceptors (Lipinski definition) is 4. The molecule has 1 aliphatic rings.